The molecular formula is C11H22N6O2. The Bertz CT molecular complexity index is 401. The average Bonchev–Trinajstić information content (AvgIpc) is 2.38. The standard InChI is InChI=1S/C11H22N6O2/c1-12-9-13-10(16(2)3)15-11(14-9)17(4)6-8(18)7-19-5/h8,18H,6-7H2,1-5H3,(H,12,13,14,15). The molecule has 0 aromatic carbocycles. The smallest absolute Gasteiger partial charge is 0.231 e. The predicted octanol–water partition coefficient (Wildman–Crippen LogP) is -0.577. The third kappa shape index (κ3) is 4.49. The topological polar surface area (TPSA) is 86.6 Å². The Hall–Kier alpha value is -1.67. The zero-order valence-electron chi connectivity index (χ0n) is 12.1. The number of rotatable bonds is 7. The maximum Gasteiger partial charge on any atom is 0.231 e. The molecule has 2 N–H and O–H groups in total. The van der Waals surface area contributed by atoms with Crippen LogP contribution in [0.2, 0.25) is 0 Å². The lowest BCUT2D eigenvalue weighted by Gasteiger charge is -2.22. The maximum atomic E-state index is 9.72. The van der Waals surface area contributed by atoms with Crippen LogP contribution in [0.3, 0.4) is 0 Å². The molecular weight excluding hydrogens is 248 g/mol. The number of hydrogen-bond acceptors (Lipinski definition) is 8. The van der Waals surface area contributed by atoms with Crippen molar-refractivity contribution in [1.82, 2.24) is 15.0 Å². The van der Waals surface area contributed by atoms with Crippen LogP contribution in [0.4, 0.5) is 17.8 Å². The number of aliphatic hydroxyl groups excluding tert-OH is 1. The van der Waals surface area contributed by atoms with Crippen molar-refractivity contribution in [2.24, 2.45) is 0 Å². The number of aromatic nitrogens is 3. The van der Waals surface area contributed by atoms with Gasteiger partial charge in [0.1, 0.15) is 0 Å². The van der Waals surface area contributed by atoms with Crippen molar-refractivity contribution in [3.63, 3.8) is 0 Å². The van der Waals surface area contributed by atoms with Crippen molar-refractivity contribution in [3.8, 4) is 0 Å². The molecule has 1 aromatic heterocycles. The molecule has 0 spiro atoms. The van der Waals surface area contributed by atoms with Crippen LogP contribution in [0.5, 0.6) is 0 Å². The van der Waals surface area contributed by atoms with Crippen LogP contribution in [-0.4, -0.2) is 74.6 Å². The first-order valence-corrected chi connectivity index (χ1v) is 5.97. The van der Waals surface area contributed by atoms with Crippen LogP contribution in [0.25, 0.3) is 0 Å². The van der Waals surface area contributed by atoms with E-state index in [0.717, 1.165) is 0 Å². The minimum Gasteiger partial charge on any atom is -0.389 e. The Kier molecular flexibility index (Phi) is 5.71. The number of anilines is 3. The van der Waals surface area contributed by atoms with Gasteiger partial charge in [-0.3, -0.25) is 0 Å². The highest BCUT2D eigenvalue weighted by Crippen LogP contribution is 2.14. The summed E-state index contributed by atoms with van der Waals surface area (Å²) in [6.45, 7) is 0.655. The number of nitrogens with one attached hydrogen (secondary N) is 1. The fourth-order valence-corrected chi connectivity index (χ4v) is 1.48. The van der Waals surface area contributed by atoms with E-state index in [1.165, 1.54) is 0 Å². The molecule has 0 radical (unpaired) electrons. The van der Waals surface area contributed by atoms with Gasteiger partial charge >= 0.3 is 0 Å². The van der Waals surface area contributed by atoms with Crippen LogP contribution >= 0.6 is 0 Å². The van der Waals surface area contributed by atoms with E-state index in [9.17, 15) is 5.11 Å². The molecule has 0 saturated carbocycles. The number of nitrogens with zero attached hydrogens (tertiary/aromatic N) is 5. The number of aliphatic hydroxyl groups is 1. The summed E-state index contributed by atoms with van der Waals surface area (Å²) >= 11 is 0. The Morgan fingerprint density at radius 2 is 1.84 bits per heavy atom. The lowest BCUT2D eigenvalue weighted by Crippen LogP contribution is -2.33. The summed E-state index contributed by atoms with van der Waals surface area (Å²) in [5.41, 5.74) is 0. The lowest BCUT2D eigenvalue weighted by molar-refractivity contribution is 0.0693. The quantitative estimate of drug-likeness (QED) is 0.681. The Morgan fingerprint density at radius 3 is 2.37 bits per heavy atom. The third-order valence-corrected chi connectivity index (χ3v) is 2.42. The molecule has 8 nitrogen and oxygen atoms in total. The average molecular weight is 270 g/mol. The summed E-state index contributed by atoms with van der Waals surface area (Å²) in [5.74, 6) is 1.54. The summed E-state index contributed by atoms with van der Waals surface area (Å²) < 4.78 is 4.90. The van der Waals surface area contributed by atoms with E-state index in [-0.39, 0.29) is 6.61 Å². The molecule has 8 heteroatoms. The summed E-state index contributed by atoms with van der Waals surface area (Å²) in [6.07, 6.45) is -0.590. The molecule has 0 fully saturated rings. The molecule has 108 valence electrons. The van der Waals surface area contributed by atoms with E-state index in [4.69, 9.17) is 4.74 Å². The van der Waals surface area contributed by atoms with Gasteiger partial charge in [0.05, 0.1) is 12.7 Å². The van der Waals surface area contributed by atoms with E-state index in [0.29, 0.717) is 24.4 Å². The minimum atomic E-state index is -0.590. The first-order valence-electron chi connectivity index (χ1n) is 5.97. The highest BCUT2D eigenvalue weighted by atomic mass is 16.5. The molecule has 0 saturated heterocycles. The zero-order chi connectivity index (χ0) is 14.4. The summed E-state index contributed by atoms with van der Waals surface area (Å²) in [7, 11) is 8.83. The molecule has 0 aliphatic heterocycles. The van der Waals surface area contributed by atoms with E-state index < -0.39 is 6.10 Å². The summed E-state index contributed by atoms with van der Waals surface area (Å²) in [4.78, 5) is 16.4. The van der Waals surface area contributed by atoms with Gasteiger partial charge in [0.2, 0.25) is 17.8 Å². The molecule has 1 aromatic rings. The molecule has 0 aliphatic carbocycles. The van der Waals surface area contributed by atoms with Crippen LogP contribution in [0, 0.1) is 0 Å². The van der Waals surface area contributed by atoms with Crippen molar-refractivity contribution in [3.05, 3.63) is 0 Å². The number of ether oxygens (including phenoxy) is 1. The van der Waals surface area contributed by atoms with Gasteiger partial charge in [-0.05, 0) is 0 Å². The van der Waals surface area contributed by atoms with Gasteiger partial charge in [0, 0.05) is 41.8 Å². The van der Waals surface area contributed by atoms with E-state index in [1.807, 2.05) is 21.1 Å². The second kappa shape index (κ2) is 7.05. The van der Waals surface area contributed by atoms with Gasteiger partial charge in [0.25, 0.3) is 0 Å². The Balaban J connectivity index is 2.89. The molecule has 1 atom stereocenters. The van der Waals surface area contributed by atoms with Gasteiger partial charge in [0.15, 0.2) is 0 Å². The molecule has 0 aliphatic rings. The SMILES string of the molecule is CNc1nc(N(C)C)nc(N(C)CC(O)COC)n1. The monoisotopic (exact) mass is 270 g/mol. The van der Waals surface area contributed by atoms with Crippen LogP contribution < -0.4 is 15.1 Å². The van der Waals surface area contributed by atoms with Gasteiger partial charge in [-0.25, -0.2) is 0 Å². The second-order valence-corrected chi connectivity index (χ2v) is 4.39. The van der Waals surface area contributed by atoms with Crippen molar-refractivity contribution in [2.45, 2.75) is 6.10 Å². The molecule has 1 heterocycles. The summed E-state index contributed by atoms with van der Waals surface area (Å²) in [6, 6.07) is 0. The van der Waals surface area contributed by atoms with E-state index in [2.05, 4.69) is 20.3 Å². The second-order valence-electron chi connectivity index (χ2n) is 4.39. The fraction of sp³-hybridized carbons (Fsp3) is 0.727. The number of methoxy groups -OCH3 is 1. The molecule has 0 bridgehead atoms. The normalized spacial score (nSPS) is 12.1. The van der Waals surface area contributed by atoms with Gasteiger partial charge in [-0.15, -0.1) is 0 Å². The lowest BCUT2D eigenvalue weighted by atomic mass is 10.3. The first-order chi connectivity index (χ1) is 8.97. The zero-order valence-corrected chi connectivity index (χ0v) is 12.1. The number of likely N-dealkylation sites (N-methyl/N-ethyl adjacent to an activating group) is 1. The van der Waals surface area contributed by atoms with E-state index in [1.54, 1.807) is 24.0 Å². The molecule has 0 amide bonds. The highest BCUT2D eigenvalue weighted by molar-refractivity contribution is 5.43. The van der Waals surface area contributed by atoms with Crippen molar-refractivity contribution in [1.29, 1.82) is 0 Å². The van der Waals surface area contributed by atoms with Gasteiger partial charge in [-0.2, -0.15) is 15.0 Å². The van der Waals surface area contributed by atoms with Crippen molar-refractivity contribution < 1.29 is 9.84 Å². The Labute approximate surface area is 113 Å². The largest absolute Gasteiger partial charge is 0.389 e. The summed E-state index contributed by atoms with van der Waals surface area (Å²) in [5, 5.41) is 12.6. The molecule has 1 rings (SSSR count). The van der Waals surface area contributed by atoms with Crippen molar-refractivity contribution in [2.75, 3.05) is 63.6 Å². The maximum absolute atomic E-state index is 9.72. The van der Waals surface area contributed by atoms with Gasteiger partial charge in [-0.1, -0.05) is 0 Å². The molecule has 1 unspecified atom stereocenters. The van der Waals surface area contributed by atoms with Crippen LogP contribution in [0.1, 0.15) is 0 Å². The minimum absolute atomic E-state index is 0.273. The van der Waals surface area contributed by atoms with Gasteiger partial charge < -0.3 is 25.0 Å². The van der Waals surface area contributed by atoms with Crippen LogP contribution in [0.15, 0.2) is 0 Å². The van der Waals surface area contributed by atoms with Crippen LogP contribution in [-0.2, 0) is 4.74 Å². The Morgan fingerprint density at radius 1 is 1.21 bits per heavy atom. The highest BCUT2D eigenvalue weighted by Gasteiger charge is 2.14. The van der Waals surface area contributed by atoms with Crippen molar-refractivity contribution >= 4 is 17.8 Å². The fourth-order valence-electron chi connectivity index (χ4n) is 1.48. The third-order valence-electron chi connectivity index (χ3n) is 2.42. The predicted molar refractivity (Wildman–Crippen MR) is 74.9 cm³/mol. The number of hydrogen-bond donors (Lipinski definition) is 2. The first kappa shape index (κ1) is 15.4. The molecule has 19 heavy (non-hydrogen) atoms. The van der Waals surface area contributed by atoms with E-state index >= 15 is 0 Å².